The number of halogens is 1. The largest absolute Gasteiger partial charge is 0.379 e. The second-order valence-corrected chi connectivity index (χ2v) is 7.21. The lowest BCUT2D eigenvalue weighted by atomic mass is 10.1. The Bertz CT molecular complexity index is 818. The van der Waals surface area contributed by atoms with Crippen molar-refractivity contribution in [2.45, 2.75) is 33.0 Å². The Morgan fingerprint density at radius 1 is 1.23 bits per heavy atom. The van der Waals surface area contributed by atoms with Crippen LogP contribution in [0.2, 0.25) is 0 Å². The Kier molecular flexibility index (Phi) is 11.5. The third-order valence-corrected chi connectivity index (χ3v) is 5.09. The molecule has 0 atom stereocenters. The SMILES string of the molecule is C=CCNC(=NCc1ccccc1CN1CCOCC1)NCCn1cnnc1CC.I. The van der Waals surface area contributed by atoms with Gasteiger partial charge in [-0.3, -0.25) is 4.90 Å². The van der Waals surface area contributed by atoms with Gasteiger partial charge >= 0.3 is 0 Å². The molecule has 0 radical (unpaired) electrons. The fraction of sp³-hybridized carbons (Fsp3) is 0.500. The van der Waals surface area contributed by atoms with E-state index in [4.69, 9.17) is 9.73 Å². The standard InChI is InChI=1S/C22H33N7O.HI/c1-3-9-23-22(24-10-11-29-18-26-27-21(29)4-2)25-16-19-7-5-6-8-20(19)17-28-12-14-30-15-13-28;/h3,5-8,18H,1,4,9-17H2,2H3,(H2,23,24,25);1H. The summed E-state index contributed by atoms with van der Waals surface area (Å²) in [5.41, 5.74) is 2.57. The Morgan fingerprint density at radius 2 is 2.00 bits per heavy atom. The van der Waals surface area contributed by atoms with Gasteiger partial charge in [-0.15, -0.1) is 40.8 Å². The van der Waals surface area contributed by atoms with Gasteiger partial charge in [0.1, 0.15) is 12.2 Å². The first-order valence-electron chi connectivity index (χ1n) is 10.7. The second kappa shape index (κ2) is 14.2. The average Bonchev–Trinajstić information content (AvgIpc) is 3.24. The zero-order chi connectivity index (χ0) is 21.0. The van der Waals surface area contributed by atoms with Crippen molar-refractivity contribution in [1.82, 2.24) is 30.3 Å². The molecule has 3 rings (SSSR count). The molecule has 0 aliphatic carbocycles. The van der Waals surface area contributed by atoms with Crippen LogP contribution >= 0.6 is 24.0 Å². The smallest absolute Gasteiger partial charge is 0.191 e. The van der Waals surface area contributed by atoms with Crippen LogP contribution in [-0.2, 0) is 30.8 Å². The molecule has 2 aromatic rings. The number of ether oxygens (including phenoxy) is 1. The first kappa shape index (κ1) is 25.3. The summed E-state index contributed by atoms with van der Waals surface area (Å²) in [4.78, 5) is 7.25. The van der Waals surface area contributed by atoms with E-state index in [1.54, 1.807) is 6.33 Å². The van der Waals surface area contributed by atoms with Crippen LogP contribution in [0.15, 0.2) is 48.2 Å². The van der Waals surface area contributed by atoms with Gasteiger partial charge in [-0.1, -0.05) is 37.3 Å². The van der Waals surface area contributed by atoms with Crippen molar-refractivity contribution in [3.05, 3.63) is 60.2 Å². The third-order valence-electron chi connectivity index (χ3n) is 5.09. The van der Waals surface area contributed by atoms with Crippen LogP contribution in [0, 0.1) is 0 Å². The molecule has 0 amide bonds. The van der Waals surface area contributed by atoms with E-state index in [0.717, 1.165) is 64.1 Å². The summed E-state index contributed by atoms with van der Waals surface area (Å²) in [5, 5.41) is 14.8. The van der Waals surface area contributed by atoms with E-state index in [2.05, 4.69) is 68.1 Å². The molecule has 0 unspecified atom stereocenters. The van der Waals surface area contributed by atoms with Crippen LogP contribution in [0.4, 0.5) is 0 Å². The van der Waals surface area contributed by atoms with Gasteiger partial charge in [-0.25, -0.2) is 4.99 Å². The lowest BCUT2D eigenvalue weighted by molar-refractivity contribution is 0.0341. The summed E-state index contributed by atoms with van der Waals surface area (Å²) in [5.74, 6) is 1.77. The van der Waals surface area contributed by atoms with Crippen molar-refractivity contribution in [2.75, 3.05) is 39.4 Å². The first-order chi connectivity index (χ1) is 14.8. The summed E-state index contributed by atoms with van der Waals surface area (Å²) in [7, 11) is 0. The van der Waals surface area contributed by atoms with Crippen molar-refractivity contribution < 1.29 is 4.74 Å². The van der Waals surface area contributed by atoms with Gasteiger partial charge in [0.25, 0.3) is 0 Å². The average molecular weight is 539 g/mol. The minimum absolute atomic E-state index is 0. The van der Waals surface area contributed by atoms with E-state index in [1.807, 2.05) is 6.08 Å². The molecule has 1 aliphatic heterocycles. The van der Waals surface area contributed by atoms with E-state index in [1.165, 1.54) is 11.1 Å². The van der Waals surface area contributed by atoms with Gasteiger partial charge in [0, 0.05) is 45.7 Å². The number of aryl methyl sites for hydroxylation is 1. The number of hydrogen-bond acceptors (Lipinski definition) is 5. The molecule has 1 aromatic carbocycles. The predicted molar refractivity (Wildman–Crippen MR) is 135 cm³/mol. The molecular formula is C22H34IN7O. The number of morpholine rings is 1. The molecule has 0 saturated carbocycles. The Morgan fingerprint density at radius 3 is 2.74 bits per heavy atom. The fourth-order valence-corrected chi connectivity index (χ4v) is 3.41. The lowest BCUT2D eigenvalue weighted by Gasteiger charge is -2.27. The molecule has 9 heteroatoms. The van der Waals surface area contributed by atoms with Crippen molar-refractivity contribution in [3.8, 4) is 0 Å². The molecule has 1 aromatic heterocycles. The Hall–Kier alpha value is -1.98. The fourth-order valence-electron chi connectivity index (χ4n) is 3.41. The zero-order valence-electron chi connectivity index (χ0n) is 18.3. The molecule has 2 N–H and O–H groups in total. The molecule has 31 heavy (non-hydrogen) atoms. The molecule has 1 aliphatic rings. The van der Waals surface area contributed by atoms with Gasteiger partial charge in [0.2, 0.25) is 0 Å². The molecule has 170 valence electrons. The summed E-state index contributed by atoms with van der Waals surface area (Å²) in [6, 6.07) is 8.54. The summed E-state index contributed by atoms with van der Waals surface area (Å²) < 4.78 is 7.53. The molecule has 8 nitrogen and oxygen atoms in total. The van der Waals surface area contributed by atoms with E-state index in [0.29, 0.717) is 13.1 Å². The zero-order valence-corrected chi connectivity index (χ0v) is 20.6. The molecule has 2 heterocycles. The maximum absolute atomic E-state index is 5.47. The van der Waals surface area contributed by atoms with Gasteiger partial charge in [0.15, 0.2) is 5.96 Å². The highest BCUT2D eigenvalue weighted by Crippen LogP contribution is 2.14. The highest BCUT2D eigenvalue weighted by atomic mass is 127. The number of nitrogens with zero attached hydrogens (tertiary/aromatic N) is 5. The van der Waals surface area contributed by atoms with Gasteiger partial charge in [-0.2, -0.15) is 0 Å². The second-order valence-electron chi connectivity index (χ2n) is 7.21. The van der Waals surface area contributed by atoms with Crippen LogP contribution < -0.4 is 10.6 Å². The lowest BCUT2D eigenvalue weighted by Crippen LogP contribution is -2.39. The number of rotatable bonds is 10. The Balaban J connectivity index is 0.00000341. The van der Waals surface area contributed by atoms with Crippen LogP contribution in [0.3, 0.4) is 0 Å². The van der Waals surface area contributed by atoms with E-state index in [-0.39, 0.29) is 24.0 Å². The molecular weight excluding hydrogens is 505 g/mol. The molecule has 1 fully saturated rings. The number of aromatic nitrogens is 3. The predicted octanol–water partition coefficient (Wildman–Crippen LogP) is 2.21. The normalized spacial score (nSPS) is 14.7. The number of aliphatic imine (C=N–C) groups is 1. The maximum atomic E-state index is 5.47. The van der Waals surface area contributed by atoms with E-state index < -0.39 is 0 Å². The maximum Gasteiger partial charge on any atom is 0.191 e. The topological polar surface area (TPSA) is 79.6 Å². The number of benzene rings is 1. The van der Waals surface area contributed by atoms with Crippen molar-refractivity contribution in [2.24, 2.45) is 4.99 Å². The Labute approximate surface area is 202 Å². The highest BCUT2D eigenvalue weighted by Gasteiger charge is 2.12. The van der Waals surface area contributed by atoms with Crippen molar-refractivity contribution in [1.29, 1.82) is 0 Å². The first-order valence-corrected chi connectivity index (χ1v) is 10.7. The minimum atomic E-state index is 0. The summed E-state index contributed by atoms with van der Waals surface area (Å²) >= 11 is 0. The number of nitrogens with one attached hydrogen (secondary N) is 2. The summed E-state index contributed by atoms with van der Waals surface area (Å²) in [6.45, 7) is 13.2. The quantitative estimate of drug-likeness (QED) is 0.209. The molecule has 0 spiro atoms. The number of hydrogen-bond donors (Lipinski definition) is 2. The molecule has 1 saturated heterocycles. The summed E-state index contributed by atoms with van der Waals surface area (Å²) in [6.07, 6.45) is 4.48. The monoisotopic (exact) mass is 539 g/mol. The van der Waals surface area contributed by atoms with Crippen LogP contribution in [0.25, 0.3) is 0 Å². The van der Waals surface area contributed by atoms with Gasteiger partial charge < -0.3 is 19.9 Å². The molecule has 0 bridgehead atoms. The van der Waals surface area contributed by atoms with Crippen molar-refractivity contribution >= 4 is 29.9 Å². The van der Waals surface area contributed by atoms with Crippen LogP contribution in [0.5, 0.6) is 0 Å². The van der Waals surface area contributed by atoms with Gasteiger partial charge in [-0.05, 0) is 11.1 Å². The minimum Gasteiger partial charge on any atom is -0.379 e. The van der Waals surface area contributed by atoms with E-state index >= 15 is 0 Å². The van der Waals surface area contributed by atoms with Crippen LogP contribution in [0.1, 0.15) is 23.9 Å². The third kappa shape index (κ3) is 8.23. The number of guanidine groups is 1. The highest BCUT2D eigenvalue weighted by molar-refractivity contribution is 14.0. The van der Waals surface area contributed by atoms with Gasteiger partial charge in [0.05, 0.1) is 19.8 Å². The van der Waals surface area contributed by atoms with E-state index in [9.17, 15) is 0 Å². The van der Waals surface area contributed by atoms with Crippen molar-refractivity contribution in [3.63, 3.8) is 0 Å². The van der Waals surface area contributed by atoms with Crippen LogP contribution in [-0.4, -0.2) is 65.0 Å².